The SMILES string of the molecule is CC[C@@H]1C[C@@H]([C@H](CN2CC(=O)N(c3cccc(F)c3F)CC2(C)C)NC(=O)OC(C)(C)C)OC1=O. The zero-order valence-corrected chi connectivity index (χ0v) is 21.2. The highest BCUT2D eigenvalue weighted by Gasteiger charge is 2.44. The number of amides is 2. The van der Waals surface area contributed by atoms with Crippen molar-refractivity contribution in [1.82, 2.24) is 10.2 Å². The molecule has 3 atom stereocenters. The Balaban J connectivity index is 1.81. The number of piperazine rings is 1. The molecule has 0 aromatic heterocycles. The molecule has 194 valence electrons. The Morgan fingerprint density at radius 3 is 2.57 bits per heavy atom. The molecule has 2 saturated heterocycles. The average Bonchev–Trinajstić information content (AvgIpc) is 3.11. The predicted molar refractivity (Wildman–Crippen MR) is 126 cm³/mol. The van der Waals surface area contributed by atoms with Gasteiger partial charge in [-0.05, 0) is 59.6 Å². The van der Waals surface area contributed by atoms with Gasteiger partial charge in [-0.1, -0.05) is 13.0 Å². The van der Waals surface area contributed by atoms with E-state index in [1.165, 1.54) is 17.0 Å². The summed E-state index contributed by atoms with van der Waals surface area (Å²) >= 11 is 0. The number of carbonyl (C=O) groups excluding carboxylic acids is 3. The molecule has 2 amide bonds. The molecule has 0 radical (unpaired) electrons. The number of cyclic esters (lactones) is 1. The van der Waals surface area contributed by atoms with Crippen LogP contribution in [0.15, 0.2) is 18.2 Å². The van der Waals surface area contributed by atoms with Crippen LogP contribution in [0.5, 0.6) is 0 Å². The third-order valence-corrected chi connectivity index (χ3v) is 6.43. The van der Waals surface area contributed by atoms with Gasteiger partial charge in [-0.25, -0.2) is 13.6 Å². The number of halogens is 2. The first-order valence-electron chi connectivity index (χ1n) is 11.9. The van der Waals surface area contributed by atoms with Gasteiger partial charge in [-0.2, -0.15) is 0 Å². The third kappa shape index (κ3) is 6.28. The van der Waals surface area contributed by atoms with E-state index in [1.807, 2.05) is 25.7 Å². The van der Waals surface area contributed by atoms with Crippen molar-refractivity contribution >= 4 is 23.7 Å². The maximum atomic E-state index is 14.4. The van der Waals surface area contributed by atoms with Crippen molar-refractivity contribution in [3.8, 4) is 0 Å². The van der Waals surface area contributed by atoms with Crippen molar-refractivity contribution in [2.24, 2.45) is 5.92 Å². The monoisotopic (exact) mass is 495 g/mol. The second-order valence-electron chi connectivity index (χ2n) is 10.8. The van der Waals surface area contributed by atoms with Crippen LogP contribution in [0, 0.1) is 17.6 Å². The van der Waals surface area contributed by atoms with Gasteiger partial charge in [-0.15, -0.1) is 0 Å². The summed E-state index contributed by atoms with van der Waals surface area (Å²) in [5, 5.41) is 2.83. The lowest BCUT2D eigenvalue weighted by molar-refractivity contribution is -0.145. The van der Waals surface area contributed by atoms with Crippen molar-refractivity contribution < 1.29 is 32.6 Å². The number of ether oxygens (including phenoxy) is 2. The Labute approximate surface area is 204 Å². The molecule has 1 aromatic rings. The van der Waals surface area contributed by atoms with Crippen LogP contribution in [0.1, 0.15) is 54.4 Å². The molecule has 10 heteroatoms. The van der Waals surface area contributed by atoms with Crippen LogP contribution >= 0.6 is 0 Å². The molecule has 2 fully saturated rings. The highest BCUT2D eigenvalue weighted by molar-refractivity contribution is 5.96. The van der Waals surface area contributed by atoms with Gasteiger partial charge in [-0.3, -0.25) is 14.5 Å². The number of anilines is 1. The van der Waals surface area contributed by atoms with Crippen LogP contribution in [0.3, 0.4) is 0 Å². The fourth-order valence-electron chi connectivity index (χ4n) is 4.47. The van der Waals surface area contributed by atoms with Crippen molar-refractivity contribution in [1.29, 1.82) is 0 Å². The van der Waals surface area contributed by atoms with Crippen molar-refractivity contribution in [3.63, 3.8) is 0 Å². The molecular weight excluding hydrogens is 460 g/mol. The first-order chi connectivity index (χ1) is 16.2. The summed E-state index contributed by atoms with van der Waals surface area (Å²) < 4.78 is 39.2. The highest BCUT2D eigenvalue weighted by atomic mass is 19.2. The van der Waals surface area contributed by atoms with Crippen LogP contribution < -0.4 is 10.2 Å². The number of nitrogens with one attached hydrogen (secondary N) is 1. The molecule has 1 aromatic carbocycles. The van der Waals surface area contributed by atoms with Crippen molar-refractivity contribution in [2.45, 2.75) is 77.7 Å². The fourth-order valence-corrected chi connectivity index (χ4v) is 4.47. The van der Waals surface area contributed by atoms with Crippen molar-refractivity contribution in [3.05, 3.63) is 29.8 Å². The molecule has 1 N–H and O–H groups in total. The largest absolute Gasteiger partial charge is 0.460 e. The van der Waals surface area contributed by atoms with Gasteiger partial charge >= 0.3 is 12.1 Å². The van der Waals surface area contributed by atoms with Crippen molar-refractivity contribution in [2.75, 3.05) is 24.5 Å². The molecule has 0 saturated carbocycles. The standard InChI is InChI=1S/C25H35F2N3O5/c1-7-15-11-19(34-22(15)32)17(28-23(33)35-24(2,3)4)12-29-13-20(31)30(14-25(29,5)6)18-10-8-9-16(26)21(18)27/h8-10,15,17,19H,7,11-14H2,1-6H3,(H,28,33)/t15-,17+,19+/m1/s1. The molecule has 0 bridgehead atoms. The van der Waals surface area contributed by atoms with E-state index in [1.54, 1.807) is 20.8 Å². The minimum atomic E-state index is -1.07. The van der Waals surface area contributed by atoms with Gasteiger partial charge in [0.2, 0.25) is 5.91 Å². The number of hydrogen-bond donors (Lipinski definition) is 1. The van der Waals surface area contributed by atoms with Crippen LogP contribution in [-0.4, -0.2) is 65.8 Å². The minimum absolute atomic E-state index is 0.0900. The molecule has 0 unspecified atom stereocenters. The van der Waals surface area contributed by atoms with Crippen LogP contribution in [-0.2, 0) is 19.1 Å². The lowest BCUT2D eigenvalue weighted by Gasteiger charge is -2.48. The van der Waals surface area contributed by atoms with Gasteiger partial charge in [0.15, 0.2) is 11.6 Å². The molecule has 8 nitrogen and oxygen atoms in total. The molecule has 2 aliphatic heterocycles. The number of benzene rings is 1. The summed E-state index contributed by atoms with van der Waals surface area (Å²) in [6, 6.07) is 3.11. The number of carbonyl (C=O) groups is 3. The summed E-state index contributed by atoms with van der Waals surface area (Å²) in [6.07, 6.45) is -0.165. The molecule has 3 rings (SSSR count). The molecular formula is C25H35F2N3O5. The van der Waals surface area contributed by atoms with E-state index in [-0.39, 0.29) is 37.2 Å². The number of alkyl carbamates (subject to hydrolysis) is 1. The lowest BCUT2D eigenvalue weighted by Crippen LogP contribution is -2.65. The van der Waals surface area contributed by atoms with E-state index in [2.05, 4.69) is 5.32 Å². The molecule has 0 aliphatic carbocycles. The second kappa shape index (κ2) is 10.1. The Bertz CT molecular complexity index is 978. The van der Waals surface area contributed by atoms with Crippen LogP contribution in [0.25, 0.3) is 0 Å². The van der Waals surface area contributed by atoms with E-state index in [0.29, 0.717) is 12.8 Å². The van der Waals surface area contributed by atoms with Crippen LogP contribution in [0.2, 0.25) is 0 Å². The summed E-state index contributed by atoms with van der Waals surface area (Å²) in [6.45, 7) is 11.1. The van der Waals surface area contributed by atoms with Gasteiger partial charge in [0.25, 0.3) is 0 Å². The Morgan fingerprint density at radius 1 is 1.29 bits per heavy atom. The zero-order chi connectivity index (χ0) is 26.1. The first-order valence-corrected chi connectivity index (χ1v) is 11.9. The van der Waals surface area contributed by atoms with Gasteiger partial charge < -0.3 is 19.7 Å². The van der Waals surface area contributed by atoms with E-state index < -0.39 is 46.9 Å². The quantitative estimate of drug-likeness (QED) is 0.607. The fraction of sp³-hybridized carbons (Fsp3) is 0.640. The summed E-state index contributed by atoms with van der Waals surface area (Å²) in [4.78, 5) is 41.0. The number of rotatable bonds is 6. The molecule has 2 heterocycles. The Morgan fingerprint density at radius 2 is 1.97 bits per heavy atom. The minimum Gasteiger partial charge on any atom is -0.460 e. The zero-order valence-electron chi connectivity index (χ0n) is 21.2. The smallest absolute Gasteiger partial charge is 0.408 e. The molecule has 2 aliphatic rings. The molecule has 35 heavy (non-hydrogen) atoms. The van der Waals surface area contributed by atoms with Gasteiger partial charge in [0.1, 0.15) is 11.7 Å². The topological polar surface area (TPSA) is 88.2 Å². The summed E-state index contributed by atoms with van der Waals surface area (Å²) in [5.74, 6) is -3.07. The summed E-state index contributed by atoms with van der Waals surface area (Å²) in [7, 11) is 0. The Kier molecular flexibility index (Phi) is 7.74. The predicted octanol–water partition coefficient (Wildman–Crippen LogP) is 3.63. The first kappa shape index (κ1) is 26.8. The maximum absolute atomic E-state index is 14.4. The van der Waals surface area contributed by atoms with Gasteiger partial charge in [0.05, 0.1) is 24.2 Å². The summed E-state index contributed by atoms with van der Waals surface area (Å²) in [5.41, 5.74) is -1.49. The number of esters is 1. The lowest BCUT2D eigenvalue weighted by atomic mass is 9.94. The second-order valence-corrected chi connectivity index (χ2v) is 10.8. The third-order valence-electron chi connectivity index (χ3n) is 6.43. The average molecular weight is 496 g/mol. The Hall–Kier alpha value is -2.75. The number of hydrogen-bond acceptors (Lipinski definition) is 6. The van der Waals surface area contributed by atoms with E-state index >= 15 is 0 Å². The highest BCUT2D eigenvalue weighted by Crippen LogP contribution is 2.31. The normalized spacial score (nSPS) is 23.7. The number of nitrogens with zero attached hydrogens (tertiary/aromatic N) is 2. The molecule has 0 spiro atoms. The van der Waals surface area contributed by atoms with E-state index in [9.17, 15) is 23.2 Å². The maximum Gasteiger partial charge on any atom is 0.408 e. The van der Waals surface area contributed by atoms with E-state index in [4.69, 9.17) is 9.47 Å². The van der Waals surface area contributed by atoms with E-state index in [0.717, 1.165) is 6.07 Å². The van der Waals surface area contributed by atoms with Crippen LogP contribution in [0.4, 0.5) is 19.3 Å². The van der Waals surface area contributed by atoms with Gasteiger partial charge in [0, 0.05) is 18.6 Å².